The Morgan fingerprint density at radius 3 is 2.51 bits per heavy atom. The van der Waals surface area contributed by atoms with Crippen molar-refractivity contribution in [3.8, 4) is 5.69 Å². The van der Waals surface area contributed by atoms with Crippen molar-refractivity contribution in [3.63, 3.8) is 0 Å². The Hall–Kier alpha value is -3.82. The molecule has 6 nitrogen and oxygen atoms in total. The zero-order valence-electron chi connectivity index (χ0n) is 20.1. The molecule has 1 amide bonds. The van der Waals surface area contributed by atoms with Crippen molar-refractivity contribution in [2.75, 3.05) is 0 Å². The molecule has 0 aliphatic heterocycles. The van der Waals surface area contributed by atoms with Gasteiger partial charge >= 0.3 is 0 Å². The predicted octanol–water partition coefficient (Wildman–Crippen LogP) is 5.98. The molecule has 0 aliphatic carbocycles. The van der Waals surface area contributed by atoms with Crippen molar-refractivity contribution in [1.82, 2.24) is 25.1 Å². The van der Waals surface area contributed by atoms with E-state index in [1.807, 2.05) is 30.3 Å². The van der Waals surface area contributed by atoms with E-state index in [1.54, 1.807) is 29.3 Å². The molecule has 0 saturated carbocycles. The van der Waals surface area contributed by atoms with Crippen molar-refractivity contribution in [2.24, 2.45) is 0 Å². The summed E-state index contributed by atoms with van der Waals surface area (Å²) < 4.78 is 15.2. The van der Waals surface area contributed by atoms with Gasteiger partial charge in [0.25, 0.3) is 5.91 Å². The van der Waals surface area contributed by atoms with Crippen LogP contribution in [0.3, 0.4) is 0 Å². The number of thiazole rings is 1. The van der Waals surface area contributed by atoms with E-state index in [-0.39, 0.29) is 11.7 Å². The lowest BCUT2D eigenvalue weighted by molar-refractivity contribution is 0.0946. The summed E-state index contributed by atoms with van der Waals surface area (Å²) in [5.74, 6) is 0.862. The van der Waals surface area contributed by atoms with Crippen molar-refractivity contribution in [1.29, 1.82) is 0 Å². The first-order valence-electron chi connectivity index (χ1n) is 11.7. The Morgan fingerprint density at radius 2 is 1.73 bits per heavy atom. The van der Waals surface area contributed by atoms with E-state index >= 15 is 0 Å². The average molecular weight is 530 g/mol. The summed E-state index contributed by atoms with van der Waals surface area (Å²) in [5.41, 5.74) is 4.53. The number of amides is 1. The molecule has 0 spiro atoms. The molecule has 2 aromatic heterocycles. The maximum Gasteiger partial charge on any atom is 0.271 e. The lowest BCUT2D eigenvalue weighted by atomic mass is 10.1. The third-order valence-electron chi connectivity index (χ3n) is 5.74. The Kier molecular flexibility index (Phi) is 7.72. The summed E-state index contributed by atoms with van der Waals surface area (Å²) in [7, 11) is 0. The first-order chi connectivity index (χ1) is 18.1. The number of para-hydroxylation sites is 1. The molecular weight excluding hydrogens is 505 g/mol. The van der Waals surface area contributed by atoms with Gasteiger partial charge in [-0.1, -0.05) is 72.4 Å². The highest BCUT2D eigenvalue weighted by atomic mass is 32.2. The normalized spacial score (nSPS) is 11.0. The molecule has 5 aromatic rings. The lowest BCUT2D eigenvalue weighted by Crippen LogP contribution is -2.23. The van der Waals surface area contributed by atoms with E-state index in [0.29, 0.717) is 24.4 Å². The number of aromatic nitrogens is 4. The van der Waals surface area contributed by atoms with Gasteiger partial charge in [0.2, 0.25) is 0 Å². The minimum atomic E-state index is -0.304. The Labute approximate surface area is 222 Å². The number of aryl methyl sites for hydroxylation is 1. The number of rotatable bonds is 9. The zero-order valence-corrected chi connectivity index (χ0v) is 21.7. The van der Waals surface area contributed by atoms with E-state index in [4.69, 9.17) is 0 Å². The summed E-state index contributed by atoms with van der Waals surface area (Å²) in [4.78, 5) is 17.1. The number of carbonyl (C=O) groups is 1. The van der Waals surface area contributed by atoms with Crippen LogP contribution in [-0.2, 0) is 18.7 Å². The second kappa shape index (κ2) is 11.5. The third kappa shape index (κ3) is 6.12. The minimum absolute atomic E-state index is 0.259. The third-order valence-corrected chi connectivity index (χ3v) is 7.71. The fourth-order valence-electron chi connectivity index (χ4n) is 3.83. The maximum absolute atomic E-state index is 13.1. The highest BCUT2D eigenvalue weighted by molar-refractivity contribution is 7.98. The van der Waals surface area contributed by atoms with Crippen LogP contribution in [-0.4, -0.2) is 25.7 Å². The number of halogens is 1. The molecule has 3 aromatic carbocycles. The molecule has 0 atom stereocenters. The first kappa shape index (κ1) is 24.9. The highest BCUT2D eigenvalue weighted by Crippen LogP contribution is 2.28. The van der Waals surface area contributed by atoms with Gasteiger partial charge in [0.05, 0.1) is 11.4 Å². The number of nitrogens with one attached hydrogen (secondary N) is 1. The average Bonchev–Trinajstić information content (AvgIpc) is 3.55. The second-order valence-corrected chi connectivity index (χ2v) is 10.3. The standard InChI is InChI=1S/C28H24FN5OS2/c1-19-7-5-6-10-24(19)34-25(15-20-8-3-2-4-9-20)32-33-28(34)37-18-26-31-23(17-36-26)27(35)30-16-21-11-13-22(29)14-12-21/h2-14,17H,15-16,18H2,1H3,(H,30,35). The number of hydrogen-bond donors (Lipinski definition) is 1. The van der Waals surface area contributed by atoms with Crippen molar-refractivity contribution >= 4 is 29.0 Å². The van der Waals surface area contributed by atoms with Crippen LogP contribution in [0.2, 0.25) is 0 Å². The van der Waals surface area contributed by atoms with Gasteiger partial charge in [0, 0.05) is 18.3 Å². The minimum Gasteiger partial charge on any atom is -0.347 e. The molecule has 0 aliphatic rings. The molecular formula is C28H24FN5OS2. The summed E-state index contributed by atoms with van der Waals surface area (Å²) in [6.07, 6.45) is 0.665. The van der Waals surface area contributed by atoms with E-state index in [1.165, 1.54) is 23.5 Å². The van der Waals surface area contributed by atoms with Crippen LogP contribution >= 0.6 is 23.1 Å². The maximum atomic E-state index is 13.1. The summed E-state index contributed by atoms with van der Waals surface area (Å²) >= 11 is 2.98. The molecule has 2 heterocycles. The van der Waals surface area contributed by atoms with Gasteiger partial charge in [-0.15, -0.1) is 21.5 Å². The van der Waals surface area contributed by atoms with E-state index in [0.717, 1.165) is 38.4 Å². The van der Waals surface area contributed by atoms with Crippen LogP contribution in [0.25, 0.3) is 5.69 Å². The monoisotopic (exact) mass is 529 g/mol. The molecule has 0 fully saturated rings. The molecule has 0 saturated heterocycles. The molecule has 0 bridgehead atoms. The van der Waals surface area contributed by atoms with Gasteiger partial charge in [-0.05, 0) is 41.8 Å². The number of thioether (sulfide) groups is 1. The fraction of sp³-hybridized carbons (Fsp3) is 0.143. The van der Waals surface area contributed by atoms with Crippen molar-refractivity contribution in [3.05, 3.63) is 123 Å². The highest BCUT2D eigenvalue weighted by Gasteiger charge is 2.18. The van der Waals surface area contributed by atoms with Gasteiger partial charge in [0.15, 0.2) is 5.16 Å². The van der Waals surface area contributed by atoms with Gasteiger partial charge in [-0.3, -0.25) is 9.36 Å². The van der Waals surface area contributed by atoms with Gasteiger partial charge in [0.1, 0.15) is 22.3 Å². The summed E-state index contributed by atoms with van der Waals surface area (Å²) in [6, 6.07) is 24.5. The van der Waals surface area contributed by atoms with Crippen molar-refractivity contribution in [2.45, 2.75) is 30.8 Å². The number of nitrogens with zero attached hydrogens (tertiary/aromatic N) is 4. The Bertz CT molecular complexity index is 1500. The Morgan fingerprint density at radius 1 is 0.973 bits per heavy atom. The fourth-order valence-corrected chi connectivity index (χ4v) is 5.58. The van der Waals surface area contributed by atoms with E-state index in [9.17, 15) is 9.18 Å². The number of hydrogen-bond acceptors (Lipinski definition) is 6. The van der Waals surface area contributed by atoms with Crippen LogP contribution in [0.4, 0.5) is 4.39 Å². The zero-order chi connectivity index (χ0) is 25.6. The predicted molar refractivity (Wildman–Crippen MR) is 145 cm³/mol. The SMILES string of the molecule is Cc1ccccc1-n1c(Cc2ccccc2)nnc1SCc1nc(C(=O)NCc2ccc(F)cc2)cs1. The second-order valence-electron chi connectivity index (χ2n) is 8.41. The molecule has 1 N–H and O–H groups in total. The number of carbonyl (C=O) groups excluding carboxylic acids is 1. The first-order valence-corrected chi connectivity index (χ1v) is 13.6. The topological polar surface area (TPSA) is 72.7 Å². The van der Waals surface area contributed by atoms with Crippen molar-refractivity contribution < 1.29 is 9.18 Å². The van der Waals surface area contributed by atoms with Gasteiger partial charge in [-0.25, -0.2) is 9.37 Å². The molecule has 0 radical (unpaired) electrons. The summed E-state index contributed by atoms with van der Waals surface area (Å²) in [5, 5.41) is 15.2. The molecule has 9 heteroatoms. The van der Waals surface area contributed by atoms with Crippen LogP contribution < -0.4 is 5.32 Å². The molecule has 5 rings (SSSR count). The van der Waals surface area contributed by atoms with E-state index < -0.39 is 0 Å². The molecule has 37 heavy (non-hydrogen) atoms. The smallest absolute Gasteiger partial charge is 0.271 e. The molecule has 0 unspecified atom stereocenters. The van der Waals surface area contributed by atoms with E-state index in [2.05, 4.69) is 56.3 Å². The van der Waals surface area contributed by atoms with Crippen LogP contribution in [0.5, 0.6) is 0 Å². The molecule has 186 valence electrons. The summed E-state index contributed by atoms with van der Waals surface area (Å²) in [6.45, 7) is 2.39. The quantitative estimate of drug-likeness (QED) is 0.238. The van der Waals surface area contributed by atoms with Crippen LogP contribution in [0, 0.1) is 12.7 Å². The van der Waals surface area contributed by atoms with Crippen LogP contribution in [0.1, 0.15) is 38.0 Å². The van der Waals surface area contributed by atoms with Gasteiger partial charge < -0.3 is 5.32 Å². The number of benzene rings is 3. The largest absolute Gasteiger partial charge is 0.347 e. The van der Waals surface area contributed by atoms with Crippen LogP contribution in [0.15, 0.2) is 89.4 Å². The van der Waals surface area contributed by atoms with Gasteiger partial charge in [-0.2, -0.15) is 0 Å². The lowest BCUT2D eigenvalue weighted by Gasteiger charge is -2.12. The Balaban J connectivity index is 1.29.